The van der Waals surface area contributed by atoms with Crippen LogP contribution >= 0.6 is 0 Å². The van der Waals surface area contributed by atoms with Gasteiger partial charge in [-0.1, -0.05) is 24.3 Å². The van der Waals surface area contributed by atoms with E-state index in [4.69, 9.17) is 5.11 Å². The lowest BCUT2D eigenvalue weighted by atomic mass is 10.1. The molecule has 2 aromatic carbocycles. The predicted octanol–water partition coefficient (Wildman–Crippen LogP) is 3.58. The first kappa shape index (κ1) is 20.0. The Bertz CT molecular complexity index is 1010. The molecule has 150 valence electrons. The number of carbonyl (C=O) groups is 2. The molecule has 3 N–H and O–H groups in total. The Balaban J connectivity index is 1.74. The summed E-state index contributed by atoms with van der Waals surface area (Å²) in [5.41, 5.74) is 2.69. The van der Waals surface area contributed by atoms with E-state index < -0.39 is 12.0 Å². The number of urea groups is 1. The van der Waals surface area contributed by atoms with Crippen LogP contribution in [0.1, 0.15) is 31.9 Å². The van der Waals surface area contributed by atoms with Gasteiger partial charge in [-0.2, -0.15) is 0 Å². The summed E-state index contributed by atoms with van der Waals surface area (Å²) < 4.78 is 1.68. The number of nitrogens with one attached hydrogen (secondary N) is 2. The van der Waals surface area contributed by atoms with E-state index in [0.29, 0.717) is 29.2 Å². The summed E-state index contributed by atoms with van der Waals surface area (Å²) in [7, 11) is 0. The van der Waals surface area contributed by atoms with Crippen LogP contribution in [-0.2, 0) is 11.2 Å². The molecular weight excluding hydrogens is 372 g/mol. The van der Waals surface area contributed by atoms with Gasteiger partial charge >= 0.3 is 12.0 Å². The molecule has 1 aromatic heterocycles. The van der Waals surface area contributed by atoms with Crippen molar-refractivity contribution >= 4 is 23.4 Å². The molecule has 0 radical (unpaired) electrons. The predicted molar refractivity (Wildman–Crippen MR) is 109 cm³/mol. The van der Waals surface area contributed by atoms with E-state index in [-0.39, 0.29) is 12.5 Å². The number of carboxylic acid groups (broad SMARTS) is 1. The maximum Gasteiger partial charge on any atom is 0.323 e. The number of tetrazole rings is 1. The number of para-hydroxylation sites is 1. The van der Waals surface area contributed by atoms with Gasteiger partial charge in [-0.3, -0.25) is 4.79 Å². The van der Waals surface area contributed by atoms with E-state index in [2.05, 4.69) is 26.2 Å². The lowest BCUT2D eigenvalue weighted by Gasteiger charge is -2.13. The molecule has 3 rings (SSSR count). The highest BCUT2D eigenvalue weighted by molar-refractivity contribution is 6.02. The Morgan fingerprint density at radius 3 is 2.66 bits per heavy atom. The number of hydrogen-bond donors (Lipinski definition) is 3. The van der Waals surface area contributed by atoms with Crippen LogP contribution in [0.5, 0.6) is 0 Å². The Hall–Kier alpha value is -3.75. The SMILES string of the molecule is CC(C)n1nnnc1-c1ccccc1NC(=O)Nc1cccc(CCC(=O)O)c1. The molecule has 0 atom stereocenters. The van der Waals surface area contributed by atoms with E-state index >= 15 is 0 Å². The fraction of sp³-hybridized carbons (Fsp3) is 0.250. The molecular formula is C20H22N6O3. The Kier molecular flexibility index (Phi) is 6.18. The lowest BCUT2D eigenvalue weighted by Crippen LogP contribution is -2.20. The van der Waals surface area contributed by atoms with Gasteiger partial charge in [-0.05, 0) is 60.5 Å². The second-order valence-electron chi connectivity index (χ2n) is 6.76. The Labute approximate surface area is 167 Å². The van der Waals surface area contributed by atoms with Crippen LogP contribution in [0.3, 0.4) is 0 Å². The van der Waals surface area contributed by atoms with Crippen molar-refractivity contribution in [2.24, 2.45) is 0 Å². The first-order chi connectivity index (χ1) is 13.9. The van der Waals surface area contributed by atoms with Gasteiger partial charge in [0.1, 0.15) is 0 Å². The lowest BCUT2D eigenvalue weighted by molar-refractivity contribution is -0.136. The van der Waals surface area contributed by atoms with Gasteiger partial charge in [-0.15, -0.1) is 5.10 Å². The van der Waals surface area contributed by atoms with Gasteiger partial charge < -0.3 is 15.7 Å². The van der Waals surface area contributed by atoms with Crippen molar-refractivity contribution in [2.45, 2.75) is 32.7 Å². The average molecular weight is 394 g/mol. The van der Waals surface area contributed by atoms with Crippen LogP contribution in [0.4, 0.5) is 16.2 Å². The van der Waals surface area contributed by atoms with Crippen molar-refractivity contribution < 1.29 is 14.7 Å². The number of benzene rings is 2. The number of aromatic nitrogens is 4. The highest BCUT2D eigenvalue weighted by Gasteiger charge is 2.16. The topological polar surface area (TPSA) is 122 Å². The molecule has 0 aliphatic heterocycles. The van der Waals surface area contributed by atoms with E-state index in [1.165, 1.54) is 0 Å². The average Bonchev–Trinajstić information content (AvgIpc) is 3.17. The second kappa shape index (κ2) is 8.96. The zero-order valence-electron chi connectivity index (χ0n) is 16.2. The van der Waals surface area contributed by atoms with E-state index in [1.54, 1.807) is 28.9 Å². The van der Waals surface area contributed by atoms with Crippen molar-refractivity contribution in [2.75, 3.05) is 10.6 Å². The fourth-order valence-electron chi connectivity index (χ4n) is 2.85. The quantitative estimate of drug-likeness (QED) is 0.563. The summed E-state index contributed by atoms with van der Waals surface area (Å²) in [6.07, 6.45) is 0.431. The molecule has 1 heterocycles. The highest BCUT2D eigenvalue weighted by Crippen LogP contribution is 2.27. The first-order valence-electron chi connectivity index (χ1n) is 9.20. The summed E-state index contributed by atoms with van der Waals surface area (Å²) in [4.78, 5) is 23.3. The van der Waals surface area contributed by atoms with Crippen LogP contribution in [0.25, 0.3) is 11.4 Å². The minimum absolute atomic E-state index is 0.0353. The number of amides is 2. The number of rotatable bonds is 7. The minimum Gasteiger partial charge on any atom is -0.481 e. The van der Waals surface area contributed by atoms with Crippen LogP contribution in [0.15, 0.2) is 48.5 Å². The van der Waals surface area contributed by atoms with Crippen LogP contribution in [-0.4, -0.2) is 37.3 Å². The minimum atomic E-state index is -0.860. The van der Waals surface area contributed by atoms with Crippen molar-refractivity contribution in [1.82, 2.24) is 20.2 Å². The van der Waals surface area contributed by atoms with E-state index in [9.17, 15) is 9.59 Å². The Morgan fingerprint density at radius 1 is 1.10 bits per heavy atom. The van der Waals surface area contributed by atoms with Gasteiger partial charge in [-0.25, -0.2) is 9.48 Å². The molecule has 3 aromatic rings. The van der Waals surface area contributed by atoms with Gasteiger partial charge in [0.25, 0.3) is 0 Å². The smallest absolute Gasteiger partial charge is 0.323 e. The number of hydrogen-bond acceptors (Lipinski definition) is 5. The standard InChI is InChI=1S/C20H22N6O3/c1-13(2)26-19(23-24-25-26)16-8-3-4-9-17(16)22-20(29)21-15-7-5-6-14(12-15)10-11-18(27)28/h3-9,12-13H,10-11H2,1-2H3,(H,27,28)(H2,21,22,29). The molecule has 0 saturated heterocycles. The van der Waals surface area contributed by atoms with E-state index in [1.807, 2.05) is 38.1 Å². The Morgan fingerprint density at radius 2 is 1.90 bits per heavy atom. The zero-order chi connectivity index (χ0) is 20.8. The number of carbonyl (C=O) groups excluding carboxylic acids is 1. The number of carboxylic acids is 1. The third kappa shape index (κ3) is 5.16. The van der Waals surface area contributed by atoms with Crippen molar-refractivity contribution in [3.63, 3.8) is 0 Å². The van der Waals surface area contributed by atoms with Crippen molar-refractivity contribution in [3.8, 4) is 11.4 Å². The highest BCUT2D eigenvalue weighted by atomic mass is 16.4. The van der Waals surface area contributed by atoms with Gasteiger partial charge in [0.2, 0.25) is 0 Å². The van der Waals surface area contributed by atoms with Gasteiger partial charge in [0.05, 0.1) is 11.7 Å². The molecule has 0 aliphatic rings. The van der Waals surface area contributed by atoms with Crippen molar-refractivity contribution in [3.05, 3.63) is 54.1 Å². The molecule has 9 nitrogen and oxygen atoms in total. The molecule has 0 unspecified atom stereocenters. The summed E-state index contributed by atoms with van der Waals surface area (Å²) >= 11 is 0. The molecule has 0 saturated carbocycles. The van der Waals surface area contributed by atoms with Crippen LogP contribution in [0, 0.1) is 0 Å². The fourth-order valence-corrected chi connectivity index (χ4v) is 2.85. The third-order valence-corrected chi connectivity index (χ3v) is 4.21. The molecule has 0 bridgehead atoms. The molecule has 0 fully saturated rings. The number of anilines is 2. The molecule has 0 spiro atoms. The van der Waals surface area contributed by atoms with E-state index in [0.717, 1.165) is 5.56 Å². The summed E-state index contributed by atoms with van der Waals surface area (Å²) in [6, 6.07) is 14.0. The van der Waals surface area contributed by atoms with Gasteiger partial charge in [0.15, 0.2) is 5.82 Å². The maximum absolute atomic E-state index is 12.5. The third-order valence-electron chi connectivity index (χ3n) is 4.21. The van der Waals surface area contributed by atoms with Crippen molar-refractivity contribution in [1.29, 1.82) is 0 Å². The first-order valence-corrected chi connectivity index (χ1v) is 9.20. The number of aryl methyl sites for hydroxylation is 1. The normalized spacial score (nSPS) is 10.7. The van der Waals surface area contributed by atoms with Gasteiger partial charge in [0, 0.05) is 17.7 Å². The monoisotopic (exact) mass is 394 g/mol. The summed E-state index contributed by atoms with van der Waals surface area (Å²) in [5, 5.41) is 26.3. The molecule has 2 amide bonds. The summed E-state index contributed by atoms with van der Waals surface area (Å²) in [6.45, 7) is 3.94. The zero-order valence-corrected chi connectivity index (χ0v) is 16.2. The molecule has 29 heavy (non-hydrogen) atoms. The largest absolute Gasteiger partial charge is 0.481 e. The van der Waals surface area contributed by atoms with Crippen LogP contribution < -0.4 is 10.6 Å². The number of aliphatic carboxylic acids is 1. The molecule has 0 aliphatic carbocycles. The number of nitrogens with zero attached hydrogens (tertiary/aromatic N) is 4. The van der Waals surface area contributed by atoms with Crippen LogP contribution in [0.2, 0.25) is 0 Å². The maximum atomic E-state index is 12.5. The molecule has 9 heteroatoms. The summed E-state index contributed by atoms with van der Waals surface area (Å²) in [5.74, 6) is -0.298. The second-order valence-corrected chi connectivity index (χ2v) is 6.76.